The summed E-state index contributed by atoms with van der Waals surface area (Å²) in [4.78, 5) is 12.8. The van der Waals surface area contributed by atoms with Crippen molar-refractivity contribution in [2.45, 2.75) is 58.2 Å². The number of ether oxygens (including phenoxy) is 1. The molecule has 0 aromatic carbocycles. The molecule has 0 amide bonds. The van der Waals surface area contributed by atoms with Gasteiger partial charge in [-0.3, -0.25) is 4.79 Å². The second kappa shape index (κ2) is 2.79. The number of ketones is 1. The average molecular weight is 220 g/mol. The average Bonchev–Trinajstić information content (AvgIpc) is 2.82. The molecular formula is C14H20O2. The van der Waals surface area contributed by atoms with Crippen LogP contribution in [0.15, 0.2) is 12.2 Å². The molecule has 1 spiro atoms. The van der Waals surface area contributed by atoms with Crippen molar-refractivity contribution in [2.75, 3.05) is 0 Å². The Morgan fingerprint density at radius 1 is 1.44 bits per heavy atom. The van der Waals surface area contributed by atoms with E-state index >= 15 is 0 Å². The predicted molar refractivity (Wildman–Crippen MR) is 62.1 cm³/mol. The maximum absolute atomic E-state index is 12.8. The Hall–Kier alpha value is -0.630. The Bertz CT molecular complexity index is 382. The summed E-state index contributed by atoms with van der Waals surface area (Å²) in [5, 5.41) is 0. The van der Waals surface area contributed by atoms with Crippen LogP contribution in [0.3, 0.4) is 0 Å². The molecule has 2 heterocycles. The first-order valence-electron chi connectivity index (χ1n) is 6.41. The van der Waals surface area contributed by atoms with Crippen molar-refractivity contribution in [3.8, 4) is 0 Å². The van der Waals surface area contributed by atoms with Gasteiger partial charge in [0, 0.05) is 0 Å². The summed E-state index contributed by atoms with van der Waals surface area (Å²) in [6.45, 7) is 6.21. The van der Waals surface area contributed by atoms with Crippen LogP contribution < -0.4 is 0 Å². The second-order valence-electron chi connectivity index (χ2n) is 6.13. The first-order chi connectivity index (χ1) is 7.48. The number of carbonyl (C=O) groups excluding carboxylic acids is 1. The number of carbonyl (C=O) groups is 1. The molecule has 3 aliphatic rings. The molecule has 0 radical (unpaired) electrons. The van der Waals surface area contributed by atoms with Crippen LogP contribution >= 0.6 is 0 Å². The minimum absolute atomic E-state index is 0.00206. The SMILES string of the molecule is CCC12CCCC13C=CC(O3)C(C)(C)C2=O. The molecule has 0 aromatic rings. The molecule has 2 nitrogen and oxygen atoms in total. The van der Waals surface area contributed by atoms with Gasteiger partial charge in [-0.05, 0) is 25.7 Å². The summed E-state index contributed by atoms with van der Waals surface area (Å²) < 4.78 is 6.26. The van der Waals surface area contributed by atoms with Crippen molar-refractivity contribution in [1.82, 2.24) is 0 Å². The summed E-state index contributed by atoms with van der Waals surface area (Å²) in [6.07, 6.45) is 8.37. The number of rotatable bonds is 1. The molecule has 3 atom stereocenters. The van der Waals surface area contributed by atoms with Crippen molar-refractivity contribution in [3.05, 3.63) is 12.2 Å². The molecule has 2 bridgehead atoms. The van der Waals surface area contributed by atoms with Gasteiger partial charge in [0.15, 0.2) is 5.78 Å². The van der Waals surface area contributed by atoms with Gasteiger partial charge in [-0.1, -0.05) is 32.9 Å². The molecular weight excluding hydrogens is 200 g/mol. The quantitative estimate of drug-likeness (QED) is 0.635. The zero-order valence-electron chi connectivity index (χ0n) is 10.4. The fraction of sp³-hybridized carbons (Fsp3) is 0.786. The topological polar surface area (TPSA) is 26.3 Å². The van der Waals surface area contributed by atoms with Gasteiger partial charge < -0.3 is 4.74 Å². The van der Waals surface area contributed by atoms with E-state index in [0.29, 0.717) is 5.78 Å². The third-order valence-corrected chi connectivity index (χ3v) is 5.17. The molecule has 1 saturated heterocycles. The van der Waals surface area contributed by atoms with Gasteiger partial charge in [-0.25, -0.2) is 0 Å². The summed E-state index contributed by atoms with van der Waals surface area (Å²) in [5.41, 5.74) is -0.837. The first-order valence-corrected chi connectivity index (χ1v) is 6.41. The highest BCUT2D eigenvalue weighted by Crippen LogP contribution is 2.62. The van der Waals surface area contributed by atoms with Gasteiger partial charge in [-0.15, -0.1) is 0 Å². The highest BCUT2D eigenvalue weighted by atomic mass is 16.5. The molecule has 88 valence electrons. The third kappa shape index (κ3) is 0.874. The number of fused-ring (bicyclic) bond motifs is 1. The molecule has 0 aromatic heterocycles. The summed E-state index contributed by atoms with van der Waals surface area (Å²) in [6, 6.07) is 0. The van der Waals surface area contributed by atoms with E-state index in [9.17, 15) is 4.79 Å². The van der Waals surface area contributed by atoms with Crippen molar-refractivity contribution >= 4 is 5.78 Å². The zero-order valence-corrected chi connectivity index (χ0v) is 10.4. The molecule has 2 aliphatic heterocycles. The highest BCUT2D eigenvalue weighted by molar-refractivity contribution is 5.94. The van der Waals surface area contributed by atoms with Crippen molar-refractivity contribution in [2.24, 2.45) is 10.8 Å². The smallest absolute Gasteiger partial charge is 0.150 e. The Labute approximate surface area is 97.1 Å². The van der Waals surface area contributed by atoms with Crippen LogP contribution in [-0.4, -0.2) is 17.5 Å². The molecule has 2 heteroatoms. The minimum atomic E-state index is -0.350. The lowest BCUT2D eigenvalue weighted by Gasteiger charge is -2.51. The normalized spacial score (nSPS) is 48.4. The summed E-state index contributed by atoms with van der Waals surface area (Å²) in [5.74, 6) is 0.432. The molecule has 3 rings (SSSR count). The third-order valence-electron chi connectivity index (χ3n) is 5.17. The first kappa shape index (κ1) is 10.5. The fourth-order valence-electron chi connectivity index (χ4n) is 4.14. The van der Waals surface area contributed by atoms with E-state index in [2.05, 4.69) is 19.1 Å². The largest absolute Gasteiger partial charge is 0.362 e. The van der Waals surface area contributed by atoms with Crippen molar-refractivity contribution in [3.63, 3.8) is 0 Å². The van der Waals surface area contributed by atoms with Crippen LogP contribution in [0.25, 0.3) is 0 Å². The predicted octanol–water partition coefficient (Wildman–Crippen LogP) is 2.87. The van der Waals surface area contributed by atoms with Crippen LogP contribution in [0.1, 0.15) is 46.5 Å². The Morgan fingerprint density at radius 2 is 2.19 bits per heavy atom. The lowest BCUT2D eigenvalue weighted by molar-refractivity contribution is -0.191. The van der Waals surface area contributed by atoms with E-state index in [4.69, 9.17) is 4.74 Å². The Balaban J connectivity index is 2.19. The Kier molecular flexibility index (Phi) is 1.83. The number of hydrogen-bond donors (Lipinski definition) is 0. The Morgan fingerprint density at radius 3 is 2.88 bits per heavy atom. The van der Waals surface area contributed by atoms with E-state index in [1.54, 1.807) is 0 Å². The molecule has 3 unspecified atom stereocenters. The van der Waals surface area contributed by atoms with E-state index in [0.717, 1.165) is 25.7 Å². The molecule has 0 N–H and O–H groups in total. The summed E-state index contributed by atoms with van der Waals surface area (Å²) >= 11 is 0. The van der Waals surface area contributed by atoms with Crippen LogP contribution in [0.2, 0.25) is 0 Å². The molecule has 2 fully saturated rings. The van der Waals surface area contributed by atoms with E-state index in [1.807, 2.05) is 13.8 Å². The van der Waals surface area contributed by atoms with Crippen LogP contribution in [0.5, 0.6) is 0 Å². The van der Waals surface area contributed by atoms with Crippen LogP contribution in [0, 0.1) is 10.8 Å². The maximum Gasteiger partial charge on any atom is 0.150 e. The van der Waals surface area contributed by atoms with Gasteiger partial charge in [0.1, 0.15) is 0 Å². The lowest BCUT2D eigenvalue weighted by atomic mass is 9.61. The molecule has 1 aliphatic carbocycles. The van der Waals surface area contributed by atoms with Crippen molar-refractivity contribution < 1.29 is 9.53 Å². The molecule has 16 heavy (non-hydrogen) atoms. The fourth-order valence-corrected chi connectivity index (χ4v) is 4.14. The lowest BCUT2D eigenvalue weighted by Crippen LogP contribution is -2.60. The minimum Gasteiger partial charge on any atom is -0.362 e. The zero-order chi connectivity index (χ0) is 11.6. The standard InChI is InChI=1S/C14H20O2/c1-4-13-7-5-8-14(13)9-6-10(16-14)12(2,3)11(13)15/h6,9-10H,4-5,7-8H2,1-3H3. The number of hydrogen-bond acceptors (Lipinski definition) is 2. The molecule has 1 saturated carbocycles. The van der Waals surface area contributed by atoms with Crippen molar-refractivity contribution in [1.29, 1.82) is 0 Å². The van der Waals surface area contributed by atoms with Gasteiger partial charge in [-0.2, -0.15) is 0 Å². The van der Waals surface area contributed by atoms with E-state index in [1.165, 1.54) is 0 Å². The maximum atomic E-state index is 12.8. The summed E-state index contributed by atoms with van der Waals surface area (Å²) in [7, 11) is 0. The van der Waals surface area contributed by atoms with Gasteiger partial charge in [0.25, 0.3) is 0 Å². The van der Waals surface area contributed by atoms with Gasteiger partial charge in [0.05, 0.1) is 22.5 Å². The van der Waals surface area contributed by atoms with Gasteiger partial charge in [0.2, 0.25) is 0 Å². The van der Waals surface area contributed by atoms with Crippen LogP contribution in [-0.2, 0) is 9.53 Å². The second-order valence-corrected chi connectivity index (χ2v) is 6.13. The number of Topliss-reactive ketones (excluding diaryl/α,β-unsaturated/α-hetero) is 1. The van der Waals surface area contributed by atoms with Crippen LogP contribution in [0.4, 0.5) is 0 Å². The van der Waals surface area contributed by atoms with Gasteiger partial charge >= 0.3 is 0 Å². The monoisotopic (exact) mass is 220 g/mol. The highest BCUT2D eigenvalue weighted by Gasteiger charge is 2.68. The van der Waals surface area contributed by atoms with E-state index in [-0.39, 0.29) is 22.5 Å². The van der Waals surface area contributed by atoms with E-state index < -0.39 is 0 Å².